The minimum atomic E-state index is -0.281. The van der Waals surface area contributed by atoms with Crippen molar-refractivity contribution in [1.82, 2.24) is 5.32 Å². The van der Waals surface area contributed by atoms with Crippen LogP contribution in [0.15, 0.2) is 0 Å². The molecule has 2 N–H and O–H groups in total. The van der Waals surface area contributed by atoms with Crippen LogP contribution in [-0.2, 0) is 4.79 Å². The number of nitrogens with one attached hydrogen (secondary N) is 1. The van der Waals surface area contributed by atoms with E-state index in [-0.39, 0.29) is 17.9 Å². The normalized spacial score (nSPS) is 31.8. The van der Waals surface area contributed by atoms with Crippen LogP contribution in [0, 0.1) is 0 Å². The molecule has 1 heterocycles. The second-order valence-electron chi connectivity index (χ2n) is 3.00. The first-order valence-electron chi connectivity index (χ1n) is 4.18. The van der Waals surface area contributed by atoms with Crippen LogP contribution in [0.5, 0.6) is 0 Å². The Morgan fingerprint density at radius 3 is 3.00 bits per heavy atom. The molecule has 3 heteroatoms. The number of ketones is 1. The first kappa shape index (κ1) is 8.68. The standard InChI is InChI=1S/C8H15NO2/c1-2-8(11)7-5-6(10)3-4-9-7/h6-7,9-10H,2-5H2,1H3. The van der Waals surface area contributed by atoms with Crippen LogP contribution in [0.1, 0.15) is 26.2 Å². The lowest BCUT2D eigenvalue weighted by atomic mass is 9.98. The van der Waals surface area contributed by atoms with Crippen molar-refractivity contribution in [2.24, 2.45) is 0 Å². The van der Waals surface area contributed by atoms with Crippen molar-refractivity contribution in [3.8, 4) is 0 Å². The predicted molar refractivity (Wildman–Crippen MR) is 42.3 cm³/mol. The van der Waals surface area contributed by atoms with Crippen LogP contribution in [0.4, 0.5) is 0 Å². The molecule has 0 bridgehead atoms. The smallest absolute Gasteiger partial charge is 0.149 e. The average molecular weight is 157 g/mol. The summed E-state index contributed by atoms with van der Waals surface area (Å²) in [7, 11) is 0. The fourth-order valence-electron chi connectivity index (χ4n) is 1.39. The largest absolute Gasteiger partial charge is 0.393 e. The van der Waals surface area contributed by atoms with E-state index in [0.29, 0.717) is 12.8 Å². The molecule has 11 heavy (non-hydrogen) atoms. The molecular formula is C8H15NO2. The molecule has 0 aromatic rings. The first-order chi connectivity index (χ1) is 5.24. The van der Waals surface area contributed by atoms with Gasteiger partial charge in [0.05, 0.1) is 12.1 Å². The van der Waals surface area contributed by atoms with Crippen LogP contribution < -0.4 is 5.32 Å². The number of Topliss-reactive ketones (excluding diaryl/α,β-unsaturated/α-hetero) is 1. The number of carbonyl (C=O) groups is 1. The van der Waals surface area contributed by atoms with Crippen LogP contribution in [0.2, 0.25) is 0 Å². The number of hydrogen-bond acceptors (Lipinski definition) is 3. The Bertz CT molecular complexity index is 147. The second-order valence-corrected chi connectivity index (χ2v) is 3.00. The summed E-state index contributed by atoms with van der Waals surface area (Å²) < 4.78 is 0. The zero-order valence-corrected chi connectivity index (χ0v) is 6.84. The van der Waals surface area contributed by atoms with E-state index in [9.17, 15) is 9.90 Å². The molecule has 0 aliphatic carbocycles. The Hall–Kier alpha value is -0.410. The van der Waals surface area contributed by atoms with E-state index in [1.807, 2.05) is 6.92 Å². The van der Waals surface area contributed by atoms with Crippen LogP contribution >= 0.6 is 0 Å². The zero-order chi connectivity index (χ0) is 8.27. The summed E-state index contributed by atoms with van der Waals surface area (Å²) in [4.78, 5) is 11.1. The third-order valence-corrected chi connectivity index (χ3v) is 2.11. The number of aliphatic hydroxyl groups is 1. The van der Waals surface area contributed by atoms with Gasteiger partial charge in [0, 0.05) is 6.42 Å². The first-order valence-corrected chi connectivity index (χ1v) is 4.18. The van der Waals surface area contributed by atoms with Gasteiger partial charge in [-0.1, -0.05) is 6.92 Å². The zero-order valence-electron chi connectivity index (χ0n) is 6.84. The van der Waals surface area contributed by atoms with Gasteiger partial charge in [-0.25, -0.2) is 0 Å². The van der Waals surface area contributed by atoms with E-state index < -0.39 is 0 Å². The molecule has 1 rings (SSSR count). The molecule has 3 nitrogen and oxygen atoms in total. The van der Waals surface area contributed by atoms with Crippen molar-refractivity contribution in [3.05, 3.63) is 0 Å². The molecule has 0 saturated carbocycles. The summed E-state index contributed by atoms with van der Waals surface area (Å²) in [6, 6.07) is -0.0938. The van der Waals surface area contributed by atoms with Gasteiger partial charge in [0.15, 0.2) is 0 Å². The molecule has 0 amide bonds. The highest BCUT2D eigenvalue weighted by Gasteiger charge is 2.23. The number of rotatable bonds is 2. The molecule has 0 radical (unpaired) electrons. The van der Waals surface area contributed by atoms with Gasteiger partial charge in [0.2, 0.25) is 0 Å². The van der Waals surface area contributed by atoms with E-state index in [0.717, 1.165) is 13.0 Å². The van der Waals surface area contributed by atoms with Gasteiger partial charge in [-0.05, 0) is 19.4 Å². The van der Waals surface area contributed by atoms with Gasteiger partial charge in [0.25, 0.3) is 0 Å². The molecule has 1 aliphatic heterocycles. The molecule has 0 spiro atoms. The summed E-state index contributed by atoms with van der Waals surface area (Å²) in [5, 5.41) is 12.3. The Balaban J connectivity index is 2.39. The van der Waals surface area contributed by atoms with Crippen LogP contribution in [0.25, 0.3) is 0 Å². The third-order valence-electron chi connectivity index (χ3n) is 2.11. The Morgan fingerprint density at radius 1 is 1.73 bits per heavy atom. The summed E-state index contributed by atoms with van der Waals surface area (Å²) >= 11 is 0. The molecule has 1 aliphatic rings. The van der Waals surface area contributed by atoms with Gasteiger partial charge < -0.3 is 10.4 Å². The molecule has 0 aromatic heterocycles. The van der Waals surface area contributed by atoms with Crippen molar-refractivity contribution < 1.29 is 9.90 Å². The second kappa shape index (κ2) is 3.83. The van der Waals surface area contributed by atoms with Crippen molar-refractivity contribution in [3.63, 3.8) is 0 Å². The fraction of sp³-hybridized carbons (Fsp3) is 0.875. The third kappa shape index (κ3) is 2.27. The van der Waals surface area contributed by atoms with E-state index >= 15 is 0 Å². The Labute approximate surface area is 66.8 Å². The van der Waals surface area contributed by atoms with Crippen LogP contribution in [0.3, 0.4) is 0 Å². The van der Waals surface area contributed by atoms with Crippen molar-refractivity contribution in [1.29, 1.82) is 0 Å². The number of piperidine rings is 1. The van der Waals surface area contributed by atoms with Gasteiger partial charge in [-0.3, -0.25) is 4.79 Å². The minimum absolute atomic E-state index is 0.0938. The van der Waals surface area contributed by atoms with Gasteiger partial charge >= 0.3 is 0 Å². The monoisotopic (exact) mass is 157 g/mol. The molecule has 0 aromatic carbocycles. The summed E-state index contributed by atoms with van der Waals surface area (Å²) in [5.41, 5.74) is 0. The SMILES string of the molecule is CCC(=O)C1CC(O)CCN1. The van der Waals surface area contributed by atoms with Crippen molar-refractivity contribution >= 4 is 5.78 Å². The van der Waals surface area contributed by atoms with Gasteiger partial charge in [-0.15, -0.1) is 0 Å². The van der Waals surface area contributed by atoms with E-state index in [2.05, 4.69) is 5.32 Å². The highest BCUT2D eigenvalue weighted by molar-refractivity contribution is 5.83. The van der Waals surface area contributed by atoms with Crippen molar-refractivity contribution in [2.45, 2.75) is 38.3 Å². The Kier molecular flexibility index (Phi) is 3.02. The lowest BCUT2D eigenvalue weighted by Crippen LogP contribution is -2.45. The summed E-state index contributed by atoms with van der Waals surface area (Å²) in [6.45, 7) is 2.61. The average Bonchev–Trinajstić information content (AvgIpc) is 2.03. The summed E-state index contributed by atoms with van der Waals surface area (Å²) in [5.74, 6) is 0.212. The highest BCUT2D eigenvalue weighted by atomic mass is 16.3. The minimum Gasteiger partial charge on any atom is -0.393 e. The predicted octanol–water partition coefficient (Wildman–Crippen LogP) is 0.0784. The molecule has 2 atom stereocenters. The van der Waals surface area contributed by atoms with E-state index in [1.165, 1.54) is 0 Å². The highest BCUT2D eigenvalue weighted by Crippen LogP contribution is 2.09. The van der Waals surface area contributed by atoms with Crippen LogP contribution in [-0.4, -0.2) is 29.6 Å². The molecule has 64 valence electrons. The number of aliphatic hydroxyl groups excluding tert-OH is 1. The lowest BCUT2D eigenvalue weighted by molar-refractivity contribution is -0.122. The maximum absolute atomic E-state index is 11.1. The molecule has 1 fully saturated rings. The molecule has 1 saturated heterocycles. The Morgan fingerprint density at radius 2 is 2.45 bits per heavy atom. The maximum atomic E-state index is 11.1. The number of carbonyl (C=O) groups excluding carboxylic acids is 1. The maximum Gasteiger partial charge on any atom is 0.149 e. The topological polar surface area (TPSA) is 49.3 Å². The number of hydrogen-bond donors (Lipinski definition) is 2. The van der Waals surface area contributed by atoms with Gasteiger partial charge in [-0.2, -0.15) is 0 Å². The van der Waals surface area contributed by atoms with E-state index in [1.54, 1.807) is 0 Å². The quantitative estimate of drug-likeness (QED) is 0.596. The van der Waals surface area contributed by atoms with Gasteiger partial charge in [0.1, 0.15) is 5.78 Å². The summed E-state index contributed by atoms with van der Waals surface area (Å²) in [6.07, 6.45) is 1.64. The lowest BCUT2D eigenvalue weighted by Gasteiger charge is -2.25. The molecule has 2 unspecified atom stereocenters. The van der Waals surface area contributed by atoms with E-state index in [4.69, 9.17) is 0 Å². The molecular weight excluding hydrogens is 142 g/mol. The van der Waals surface area contributed by atoms with Crippen molar-refractivity contribution in [2.75, 3.05) is 6.54 Å². The fourth-order valence-corrected chi connectivity index (χ4v) is 1.39.